The summed E-state index contributed by atoms with van der Waals surface area (Å²) >= 11 is 0. The molecule has 4 aliphatic carbocycles. The maximum absolute atomic E-state index is 13.1. The molecule has 0 aliphatic heterocycles. The largest absolute Gasteiger partial charge is 0.392 e. The molecule has 0 spiro atoms. The highest BCUT2D eigenvalue weighted by Crippen LogP contribution is 2.65. The van der Waals surface area contributed by atoms with E-state index in [0.29, 0.717) is 41.3 Å². The molecule has 0 saturated heterocycles. The van der Waals surface area contributed by atoms with E-state index in [1.807, 2.05) is 27.9 Å². The van der Waals surface area contributed by atoms with Crippen LogP contribution >= 0.6 is 0 Å². The Kier molecular flexibility index (Phi) is 7.35. The van der Waals surface area contributed by atoms with Crippen LogP contribution < -0.4 is 0 Å². The van der Waals surface area contributed by atoms with Crippen molar-refractivity contribution in [3.63, 3.8) is 0 Å². The predicted molar refractivity (Wildman–Crippen MR) is 112 cm³/mol. The van der Waals surface area contributed by atoms with Crippen molar-refractivity contribution in [2.75, 3.05) is 7.11 Å². The van der Waals surface area contributed by atoms with Gasteiger partial charge in [0.2, 0.25) is 0 Å². The molecule has 4 unspecified atom stereocenters. The van der Waals surface area contributed by atoms with Crippen LogP contribution in [0.25, 0.3) is 0 Å². The van der Waals surface area contributed by atoms with Crippen LogP contribution in [0, 0.1) is 34.5 Å². The minimum absolute atomic E-state index is 0.277. The molecule has 0 aromatic rings. The van der Waals surface area contributed by atoms with E-state index in [0.717, 1.165) is 19.3 Å². The van der Waals surface area contributed by atoms with Gasteiger partial charge in [-0.3, -0.25) is 4.79 Å². The van der Waals surface area contributed by atoms with Crippen molar-refractivity contribution in [2.24, 2.45) is 34.5 Å². The number of aliphatic hydroxyl groups is 1. The minimum Gasteiger partial charge on any atom is -0.392 e. The van der Waals surface area contributed by atoms with Crippen LogP contribution in [0.1, 0.15) is 79.1 Å². The fraction of sp³-hybridized carbons (Fsp3) is 0.875. The van der Waals surface area contributed by atoms with E-state index in [1.54, 1.807) is 0 Å². The molecule has 0 aromatic heterocycles. The Balaban J connectivity index is 0.000000614. The number of fused-ring (bicyclic) bond motifs is 5. The van der Waals surface area contributed by atoms with Gasteiger partial charge in [-0.25, -0.2) is 0 Å². The summed E-state index contributed by atoms with van der Waals surface area (Å²) in [4.78, 5) is 13.1. The molecule has 4 fully saturated rings. The van der Waals surface area contributed by atoms with Crippen LogP contribution in [0.5, 0.6) is 0 Å². The Bertz CT molecular complexity index is 518. The van der Waals surface area contributed by atoms with Gasteiger partial charge in [-0.1, -0.05) is 33.6 Å². The smallest absolute Gasteiger partial charge is 0.141 e. The molecule has 27 heavy (non-hydrogen) atoms. The van der Waals surface area contributed by atoms with Crippen molar-refractivity contribution < 1.29 is 14.6 Å². The minimum atomic E-state index is -0.518. The van der Waals surface area contributed by atoms with Gasteiger partial charge in [-0.05, 0) is 68.1 Å². The van der Waals surface area contributed by atoms with Crippen LogP contribution in [0.3, 0.4) is 0 Å². The number of aliphatic hydroxyl groups excluding tert-OH is 1. The molecule has 0 bridgehead atoms. The summed E-state index contributed by atoms with van der Waals surface area (Å²) in [7, 11) is 1.85. The van der Waals surface area contributed by atoms with E-state index in [9.17, 15) is 9.90 Å². The molecule has 3 heteroatoms. The van der Waals surface area contributed by atoms with E-state index in [4.69, 9.17) is 4.74 Å². The average Bonchev–Trinajstić information content (AvgIpc) is 3.01. The Labute approximate surface area is 167 Å². The van der Waals surface area contributed by atoms with Gasteiger partial charge in [-0.15, -0.1) is 13.2 Å². The summed E-state index contributed by atoms with van der Waals surface area (Å²) in [5.41, 5.74) is -0.210. The summed E-state index contributed by atoms with van der Waals surface area (Å²) in [6, 6.07) is 0. The average molecular weight is 379 g/mol. The zero-order valence-corrected chi connectivity index (χ0v) is 18.3. The molecule has 4 rings (SSSR count). The van der Waals surface area contributed by atoms with Gasteiger partial charge in [-0.2, -0.15) is 0 Å². The molecule has 4 aliphatic rings. The first kappa shape index (κ1) is 22.6. The summed E-state index contributed by atoms with van der Waals surface area (Å²) in [6.45, 7) is 14.5. The molecule has 0 radical (unpaired) electrons. The van der Waals surface area contributed by atoms with E-state index >= 15 is 0 Å². The van der Waals surface area contributed by atoms with E-state index in [-0.39, 0.29) is 6.10 Å². The number of carbonyl (C=O) groups excluding carboxylic acids is 1. The molecule has 3 nitrogen and oxygen atoms in total. The van der Waals surface area contributed by atoms with E-state index in [1.165, 1.54) is 25.7 Å². The molecule has 4 saturated carbocycles. The number of rotatable bonds is 1. The van der Waals surface area contributed by atoms with Crippen molar-refractivity contribution in [2.45, 2.75) is 91.3 Å². The number of ketones is 1. The van der Waals surface area contributed by atoms with Crippen LogP contribution in [0.2, 0.25) is 0 Å². The van der Waals surface area contributed by atoms with E-state index < -0.39 is 11.5 Å². The quantitative estimate of drug-likeness (QED) is 0.620. The summed E-state index contributed by atoms with van der Waals surface area (Å²) in [5, 5.41) is 10.5. The van der Waals surface area contributed by atoms with Gasteiger partial charge in [0, 0.05) is 13.5 Å². The maximum atomic E-state index is 13.1. The molecule has 1 N–H and O–H groups in total. The number of hydrogen-bond acceptors (Lipinski definition) is 3. The zero-order chi connectivity index (χ0) is 20.4. The third-order valence-corrected chi connectivity index (χ3v) is 8.70. The van der Waals surface area contributed by atoms with Crippen LogP contribution in [-0.4, -0.2) is 30.2 Å². The normalized spacial score (nSPS) is 48.0. The van der Waals surface area contributed by atoms with Gasteiger partial charge in [0.1, 0.15) is 5.78 Å². The second-order valence-electron chi connectivity index (χ2n) is 9.25. The number of carbonyl (C=O) groups is 1. The highest BCUT2D eigenvalue weighted by molar-refractivity contribution is 5.87. The molecule has 0 amide bonds. The Morgan fingerprint density at radius 3 is 2.37 bits per heavy atom. The molecule has 0 aromatic carbocycles. The fourth-order valence-corrected chi connectivity index (χ4v) is 7.19. The highest BCUT2D eigenvalue weighted by Gasteiger charge is 2.65. The maximum Gasteiger partial charge on any atom is 0.141 e. The van der Waals surface area contributed by atoms with Crippen molar-refractivity contribution in [3.05, 3.63) is 13.2 Å². The predicted octanol–water partition coefficient (Wildman–Crippen LogP) is 5.41. The lowest BCUT2D eigenvalue weighted by Gasteiger charge is -2.61. The Hall–Kier alpha value is -0.670. The lowest BCUT2D eigenvalue weighted by Crippen LogP contribution is -2.61. The monoisotopic (exact) mass is 378 g/mol. The van der Waals surface area contributed by atoms with Gasteiger partial charge in [0.25, 0.3) is 0 Å². The second kappa shape index (κ2) is 8.78. The lowest BCUT2D eigenvalue weighted by molar-refractivity contribution is -0.182. The Morgan fingerprint density at radius 2 is 1.74 bits per heavy atom. The second-order valence-corrected chi connectivity index (χ2v) is 9.25. The van der Waals surface area contributed by atoms with Crippen molar-refractivity contribution in [1.82, 2.24) is 0 Å². The number of Topliss-reactive ketones (excluding diaryl/α,β-unsaturated/α-hetero) is 1. The summed E-state index contributed by atoms with van der Waals surface area (Å²) in [6.07, 6.45) is 8.65. The first-order valence-electron chi connectivity index (χ1n) is 11.2. The number of methoxy groups -OCH3 is 1. The summed E-state index contributed by atoms with van der Waals surface area (Å²) < 4.78 is 5.99. The van der Waals surface area contributed by atoms with Crippen molar-refractivity contribution in [1.29, 1.82) is 0 Å². The highest BCUT2D eigenvalue weighted by atomic mass is 16.5. The molecule has 156 valence electrons. The Morgan fingerprint density at radius 1 is 1.07 bits per heavy atom. The summed E-state index contributed by atoms with van der Waals surface area (Å²) in [5.74, 6) is 2.27. The van der Waals surface area contributed by atoms with Gasteiger partial charge < -0.3 is 9.84 Å². The molecule has 8 atom stereocenters. The number of hydrogen-bond donors (Lipinski definition) is 1. The van der Waals surface area contributed by atoms with Crippen LogP contribution in [0.4, 0.5) is 0 Å². The topological polar surface area (TPSA) is 46.5 Å². The van der Waals surface area contributed by atoms with Crippen LogP contribution in [-0.2, 0) is 9.53 Å². The lowest BCUT2D eigenvalue weighted by atomic mass is 9.44. The third kappa shape index (κ3) is 3.33. The zero-order valence-electron chi connectivity index (χ0n) is 18.3. The standard InChI is InChI=1S/C20H32O3.C2H6.C2H4/c1-19-9-5-4-6-12(19)10-15(23-3)18-13-7-8-16(21)20(13,2)17(22)11-14(18)19;2*1-2/h12-16,18,21H,4-11H2,1-3H3;1-2H3;1-2H2/t12?,13?,14?,15-,16-,18?,19-,20-;;/m0../s1. The van der Waals surface area contributed by atoms with Crippen molar-refractivity contribution in [3.8, 4) is 0 Å². The molecule has 0 heterocycles. The van der Waals surface area contributed by atoms with E-state index in [2.05, 4.69) is 20.1 Å². The van der Waals surface area contributed by atoms with Crippen LogP contribution in [0.15, 0.2) is 13.2 Å². The molecular formula is C24H42O3. The van der Waals surface area contributed by atoms with Gasteiger partial charge in [0.15, 0.2) is 0 Å². The van der Waals surface area contributed by atoms with Gasteiger partial charge in [0.05, 0.1) is 17.6 Å². The first-order chi connectivity index (χ1) is 12.9. The number of ether oxygens (including phenoxy) is 1. The van der Waals surface area contributed by atoms with Crippen molar-refractivity contribution >= 4 is 5.78 Å². The first-order valence-corrected chi connectivity index (χ1v) is 11.2. The molecular weight excluding hydrogens is 336 g/mol. The fourth-order valence-electron chi connectivity index (χ4n) is 7.19. The third-order valence-electron chi connectivity index (χ3n) is 8.70. The SMILES string of the molecule is C=C.CC.CO[C@H]1CC2CCCC[C@]2(C)C2CC(=O)[C@@]3(C)C(CC[C@@H]3O)C21. The van der Waals surface area contributed by atoms with Gasteiger partial charge >= 0.3 is 0 Å².